The molecule has 0 spiro atoms. The fourth-order valence-corrected chi connectivity index (χ4v) is 3.28. The first-order valence-electron chi connectivity index (χ1n) is 6.71. The minimum atomic E-state index is -4.94. The third-order valence-corrected chi connectivity index (χ3v) is 4.61. The summed E-state index contributed by atoms with van der Waals surface area (Å²) in [6, 6.07) is 8.75. The third kappa shape index (κ3) is 5.10. The van der Waals surface area contributed by atoms with Crippen LogP contribution in [0.1, 0.15) is 13.8 Å². The highest BCUT2D eigenvalue weighted by atomic mass is 31.2. The average molecular weight is 348 g/mol. The predicted octanol–water partition coefficient (Wildman–Crippen LogP) is 4.66. The fraction of sp³-hybridized carbons (Fsp3) is 0.357. The smallest absolute Gasteiger partial charge is 0.350 e. The number of rotatable bonds is 7. The molecule has 0 heterocycles. The van der Waals surface area contributed by atoms with Gasteiger partial charge in [-0.2, -0.15) is 18.4 Å². The van der Waals surface area contributed by atoms with Gasteiger partial charge < -0.3 is 14.4 Å². The van der Waals surface area contributed by atoms with Gasteiger partial charge in [0.2, 0.25) is 0 Å². The van der Waals surface area contributed by atoms with Crippen molar-refractivity contribution in [3.8, 4) is 6.07 Å². The summed E-state index contributed by atoms with van der Waals surface area (Å²) in [7, 11) is -4.38. The van der Waals surface area contributed by atoms with Crippen molar-refractivity contribution < 1.29 is 26.8 Å². The lowest BCUT2D eigenvalue weighted by Crippen LogP contribution is -2.22. The van der Waals surface area contributed by atoms with E-state index < -0.39 is 24.8 Å². The molecule has 0 unspecified atom stereocenters. The Hall–Kier alpha value is -1.81. The highest BCUT2D eigenvalue weighted by Gasteiger charge is 2.44. The van der Waals surface area contributed by atoms with E-state index in [1.165, 1.54) is 44.2 Å². The molecule has 1 aromatic rings. The highest BCUT2D eigenvalue weighted by molar-refractivity contribution is 7.59. The molecule has 0 radical (unpaired) electrons. The molecule has 1 aromatic carbocycles. The first-order chi connectivity index (χ1) is 10.8. The second kappa shape index (κ2) is 8.16. The van der Waals surface area contributed by atoms with Crippen LogP contribution in [0.3, 0.4) is 0 Å². The second-order valence-electron chi connectivity index (χ2n) is 4.16. The van der Waals surface area contributed by atoms with Gasteiger partial charge in [-0.1, -0.05) is 18.2 Å². The van der Waals surface area contributed by atoms with E-state index in [2.05, 4.69) is 5.32 Å². The predicted molar refractivity (Wildman–Crippen MR) is 79.6 cm³/mol. The van der Waals surface area contributed by atoms with Gasteiger partial charge in [-0.3, -0.25) is 4.57 Å². The van der Waals surface area contributed by atoms with Gasteiger partial charge in [-0.25, -0.2) is 0 Å². The van der Waals surface area contributed by atoms with Gasteiger partial charge in [0, 0.05) is 5.69 Å². The molecule has 0 aromatic heterocycles. The number of para-hydroxylation sites is 1. The Balaban J connectivity index is 3.47. The van der Waals surface area contributed by atoms with E-state index in [1.54, 1.807) is 6.07 Å². The van der Waals surface area contributed by atoms with E-state index in [0.29, 0.717) is 0 Å². The molecule has 1 rings (SSSR count). The lowest BCUT2D eigenvalue weighted by molar-refractivity contribution is -0.0906. The number of alkyl halides is 3. The van der Waals surface area contributed by atoms with Crippen LogP contribution in [-0.4, -0.2) is 19.4 Å². The van der Waals surface area contributed by atoms with Gasteiger partial charge in [0.25, 0.3) is 0 Å². The Kier molecular flexibility index (Phi) is 6.82. The summed E-state index contributed by atoms with van der Waals surface area (Å²) in [6.07, 6.45) is -4.94. The van der Waals surface area contributed by atoms with Crippen LogP contribution >= 0.6 is 7.60 Å². The Bertz CT molecular complexity index is 629. The van der Waals surface area contributed by atoms with Crippen molar-refractivity contribution in [3.05, 3.63) is 41.3 Å². The number of benzene rings is 1. The van der Waals surface area contributed by atoms with Gasteiger partial charge in [0.1, 0.15) is 11.8 Å². The largest absolute Gasteiger partial charge is 0.432 e. The van der Waals surface area contributed by atoms with Crippen molar-refractivity contribution in [2.75, 3.05) is 18.5 Å². The molecule has 0 saturated carbocycles. The van der Waals surface area contributed by atoms with E-state index in [9.17, 15) is 17.7 Å². The number of allylic oxidation sites excluding steroid dienone is 2. The number of anilines is 1. The highest BCUT2D eigenvalue weighted by Crippen LogP contribution is 2.58. The zero-order valence-corrected chi connectivity index (χ0v) is 13.4. The van der Waals surface area contributed by atoms with E-state index in [0.717, 1.165) is 0 Å². The van der Waals surface area contributed by atoms with Crippen LogP contribution in [0.5, 0.6) is 0 Å². The zero-order chi connectivity index (χ0) is 17.5. The number of nitrogens with one attached hydrogen (secondary N) is 1. The number of nitrogens with zero attached hydrogens (tertiary/aromatic N) is 1. The van der Waals surface area contributed by atoms with Crippen molar-refractivity contribution in [2.45, 2.75) is 20.0 Å². The van der Waals surface area contributed by atoms with Gasteiger partial charge >= 0.3 is 13.8 Å². The normalized spacial score (nSPS) is 13.2. The maximum atomic E-state index is 13.4. The molecular weight excluding hydrogens is 332 g/mol. The molecule has 0 bridgehead atoms. The van der Waals surface area contributed by atoms with Crippen LogP contribution in [0.2, 0.25) is 0 Å². The monoisotopic (exact) mass is 348 g/mol. The van der Waals surface area contributed by atoms with Gasteiger partial charge in [0.05, 0.1) is 13.2 Å². The number of hydrogen-bond acceptors (Lipinski definition) is 5. The van der Waals surface area contributed by atoms with Crippen LogP contribution in [0, 0.1) is 11.3 Å². The van der Waals surface area contributed by atoms with Crippen molar-refractivity contribution >= 4 is 13.3 Å². The summed E-state index contributed by atoms with van der Waals surface area (Å²) in [5.74, 6) is 0. The molecule has 0 aliphatic heterocycles. The Morgan fingerprint density at radius 1 is 1.22 bits per heavy atom. The summed E-state index contributed by atoms with van der Waals surface area (Å²) in [4.78, 5) is 0. The van der Waals surface area contributed by atoms with E-state index in [1.807, 2.05) is 0 Å². The van der Waals surface area contributed by atoms with Gasteiger partial charge in [-0.05, 0) is 26.0 Å². The minimum Gasteiger partial charge on any atom is -0.350 e. The SMILES string of the molecule is CCOP(=O)(OCC)/C(C#N)=C(\Nc1ccccc1)C(F)(F)F. The van der Waals surface area contributed by atoms with Crippen LogP contribution in [0.15, 0.2) is 41.3 Å². The lowest BCUT2D eigenvalue weighted by Gasteiger charge is -2.21. The summed E-state index contributed by atoms with van der Waals surface area (Å²) >= 11 is 0. The van der Waals surface area contributed by atoms with Crippen LogP contribution in [-0.2, 0) is 13.6 Å². The maximum Gasteiger partial charge on any atom is 0.432 e. The molecule has 5 nitrogen and oxygen atoms in total. The molecule has 0 aliphatic carbocycles. The lowest BCUT2D eigenvalue weighted by atomic mass is 10.3. The second-order valence-corrected chi connectivity index (χ2v) is 6.12. The Labute approximate surface area is 132 Å². The molecule has 0 atom stereocenters. The van der Waals surface area contributed by atoms with Crippen molar-refractivity contribution in [3.63, 3.8) is 0 Å². The Morgan fingerprint density at radius 3 is 2.13 bits per heavy atom. The summed E-state index contributed by atoms with van der Waals surface area (Å²) in [5, 5.41) is 10.1. The summed E-state index contributed by atoms with van der Waals surface area (Å²) in [6.45, 7) is 2.55. The van der Waals surface area contributed by atoms with Crippen molar-refractivity contribution in [1.29, 1.82) is 5.26 Å². The topological polar surface area (TPSA) is 71.3 Å². The average Bonchev–Trinajstić information content (AvgIpc) is 2.47. The standard InChI is InChI=1S/C14H16F3N2O3P/c1-3-21-23(20,22-4-2)12(10-18)13(14(15,16)17)19-11-8-6-5-7-9-11/h5-9,19H,3-4H2,1-2H3/b13-12-. The third-order valence-electron chi connectivity index (χ3n) is 2.54. The molecular formula is C14H16F3N2O3P. The number of halogens is 3. The van der Waals surface area contributed by atoms with E-state index in [-0.39, 0.29) is 18.9 Å². The quantitative estimate of drug-likeness (QED) is 0.573. The molecule has 9 heteroatoms. The van der Waals surface area contributed by atoms with Crippen LogP contribution < -0.4 is 5.32 Å². The molecule has 1 N–H and O–H groups in total. The van der Waals surface area contributed by atoms with E-state index >= 15 is 0 Å². The van der Waals surface area contributed by atoms with Gasteiger partial charge in [-0.15, -0.1) is 0 Å². The fourth-order valence-electron chi connectivity index (χ4n) is 1.69. The molecule has 0 saturated heterocycles. The maximum absolute atomic E-state index is 13.4. The summed E-state index contributed by atoms with van der Waals surface area (Å²) < 4.78 is 62.3. The zero-order valence-electron chi connectivity index (χ0n) is 12.6. The number of nitriles is 1. The molecule has 0 fully saturated rings. The summed E-state index contributed by atoms with van der Waals surface area (Å²) in [5.41, 5.74) is -1.37. The van der Waals surface area contributed by atoms with E-state index in [4.69, 9.17) is 14.3 Å². The van der Waals surface area contributed by atoms with Gasteiger partial charge in [0.15, 0.2) is 5.31 Å². The van der Waals surface area contributed by atoms with Crippen LogP contribution in [0.4, 0.5) is 18.9 Å². The molecule has 126 valence electrons. The molecule has 0 aliphatic rings. The molecule has 23 heavy (non-hydrogen) atoms. The minimum absolute atomic E-state index is 0.0899. The Morgan fingerprint density at radius 2 is 1.74 bits per heavy atom. The first-order valence-corrected chi connectivity index (χ1v) is 8.26. The number of hydrogen-bond donors (Lipinski definition) is 1. The van der Waals surface area contributed by atoms with Crippen LogP contribution in [0.25, 0.3) is 0 Å². The first kappa shape index (κ1) is 19.2. The van der Waals surface area contributed by atoms with Crippen molar-refractivity contribution in [2.24, 2.45) is 0 Å². The van der Waals surface area contributed by atoms with Crippen molar-refractivity contribution in [1.82, 2.24) is 0 Å². The molecule has 0 amide bonds.